The molecule has 2 aliphatic rings. The summed E-state index contributed by atoms with van der Waals surface area (Å²) in [5, 5.41) is 9.52. The van der Waals surface area contributed by atoms with E-state index in [4.69, 9.17) is 0 Å². The van der Waals surface area contributed by atoms with Crippen LogP contribution in [0.2, 0.25) is 0 Å². The lowest BCUT2D eigenvalue weighted by Crippen LogP contribution is -2.44. The second-order valence-corrected chi connectivity index (χ2v) is 6.31. The number of hydrogen-bond acceptors (Lipinski definition) is 3. The molecule has 0 spiro atoms. The molecule has 2 rings (SSSR count). The predicted octanol–water partition coefficient (Wildman–Crippen LogP) is 2.44. The molecule has 0 amide bonds. The van der Waals surface area contributed by atoms with Crippen LogP contribution in [0.3, 0.4) is 0 Å². The molecule has 1 saturated carbocycles. The van der Waals surface area contributed by atoms with Crippen LogP contribution in [-0.2, 0) is 4.79 Å². The normalized spacial score (nSPS) is 32.5. The van der Waals surface area contributed by atoms with Crippen molar-refractivity contribution in [2.75, 3.05) is 26.2 Å². The number of aliphatic carboxylic acids is 1. The minimum atomic E-state index is -0.580. The Labute approximate surface area is 123 Å². The molecule has 0 radical (unpaired) electrons. The third-order valence-corrected chi connectivity index (χ3v) is 5.29. The van der Waals surface area contributed by atoms with E-state index in [2.05, 4.69) is 23.6 Å². The number of likely N-dealkylation sites (tertiary alicyclic amines) is 1. The van der Waals surface area contributed by atoms with Crippen LogP contribution in [0.1, 0.15) is 52.4 Å². The average Bonchev–Trinajstić information content (AvgIpc) is 2.77. The number of likely N-dealkylation sites (N-methyl/N-ethyl adjacent to an activating group) is 1. The Balaban J connectivity index is 2.00. The fraction of sp³-hybridized carbons (Fsp3) is 0.938. The largest absolute Gasteiger partial charge is 0.481 e. The lowest BCUT2D eigenvalue weighted by Gasteiger charge is -2.32. The molecule has 1 aliphatic heterocycles. The van der Waals surface area contributed by atoms with Gasteiger partial charge in [0.05, 0.1) is 5.92 Å². The van der Waals surface area contributed by atoms with Crippen LogP contribution in [-0.4, -0.2) is 59.1 Å². The van der Waals surface area contributed by atoms with E-state index >= 15 is 0 Å². The molecule has 1 saturated heterocycles. The van der Waals surface area contributed by atoms with Crippen molar-refractivity contribution in [2.24, 2.45) is 5.92 Å². The fourth-order valence-electron chi connectivity index (χ4n) is 4.12. The van der Waals surface area contributed by atoms with Crippen LogP contribution >= 0.6 is 0 Å². The average molecular weight is 282 g/mol. The monoisotopic (exact) mass is 282 g/mol. The van der Waals surface area contributed by atoms with E-state index in [1.807, 2.05) is 0 Å². The van der Waals surface area contributed by atoms with Gasteiger partial charge in [-0.05, 0) is 32.4 Å². The fourth-order valence-corrected chi connectivity index (χ4v) is 4.12. The van der Waals surface area contributed by atoms with Crippen LogP contribution in [0, 0.1) is 5.92 Å². The number of carbonyl (C=O) groups is 1. The molecule has 4 nitrogen and oxygen atoms in total. The van der Waals surface area contributed by atoms with E-state index in [9.17, 15) is 9.90 Å². The van der Waals surface area contributed by atoms with Crippen LogP contribution in [0.5, 0.6) is 0 Å². The third-order valence-electron chi connectivity index (χ3n) is 5.29. The van der Waals surface area contributed by atoms with Gasteiger partial charge in [0.25, 0.3) is 0 Å². The van der Waals surface area contributed by atoms with E-state index < -0.39 is 5.97 Å². The summed E-state index contributed by atoms with van der Waals surface area (Å²) in [4.78, 5) is 16.6. The maximum absolute atomic E-state index is 11.6. The maximum Gasteiger partial charge on any atom is 0.308 e. The number of carboxylic acids is 1. The summed E-state index contributed by atoms with van der Waals surface area (Å²) in [5.41, 5.74) is 0. The van der Waals surface area contributed by atoms with Gasteiger partial charge in [-0.15, -0.1) is 0 Å². The molecule has 0 aromatic carbocycles. The highest BCUT2D eigenvalue weighted by Gasteiger charge is 2.37. The highest BCUT2D eigenvalue weighted by molar-refractivity contribution is 5.71. The first-order chi connectivity index (χ1) is 9.67. The van der Waals surface area contributed by atoms with Gasteiger partial charge in [0.2, 0.25) is 0 Å². The molecule has 3 unspecified atom stereocenters. The Hall–Kier alpha value is -0.610. The molecule has 0 aromatic rings. The summed E-state index contributed by atoms with van der Waals surface area (Å²) in [6.45, 7) is 8.78. The van der Waals surface area contributed by atoms with Crippen molar-refractivity contribution in [1.29, 1.82) is 0 Å². The smallest absolute Gasteiger partial charge is 0.308 e. The summed E-state index contributed by atoms with van der Waals surface area (Å²) >= 11 is 0. The number of hydrogen-bond donors (Lipinski definition) is 1. The van der Waals surface area contributed by atoms with Gasteiger partial charge in [0.1, 0.15) is 0 Å². The van der Waals surface area contributed by atoms with Gasteiger partial charge in [-0.1, -0.05) is 33.1 Å². The maximum atomic E-state index is 11.6. The van der Waals surface area contributed by atoms with Gasteiger partial charge in [-0.25, -0.2) is 0 Å². The molecule has 116 valence electrons. The first kappa shape index (κ1) is 15.8. The van der Waals surface area contributed by atoms with Gasteiger partial charge in [-0.2, -0.15) is 0 Å². The highest BCUT2D eigenvalue weighted by Crippen LogP contribution is 2.30. The van der Waals surface area contributed by atoms with Gasteiger partial charge < -0.3 is 5.11 Å². The van der Waals surface area contributed by atoms with E-state index in [1.54, 1.807) is 0 Å². The van der Waals surface area contributed by atoms with Crippen LogP contribution < -0.4 is 0 Å². The summed E-state index contributed by atoms with van der Waals surface area (Å²) in [7, 11) is 0. The van der Waals surface area contributed by atoms with Crippen molar-refractivity contribution in [3.8, 4) is 0 Å². The first-order valence-corrected chi connectivity index (χ1v) is 8.38. The second-order valence-electron chi connectivity index (χ2n) is 6.31. The minimum absolute atomic E-state index is 0.145. The Morgan fingerprint density at radius 3 is 2.50 bits per heavy atom. The lowest BCUT2D eigenvalue weighted by molar-refractivity contribution is -0.144. The molecule has 0 bridgehead atoms. The van der Waals surface area contributed by atoms with E-state index in [1.165, 1.54) is 19.3 Å². The molecule has 1 N–H and O–H groups in total. The molecule has 2 fully saturated rings. The minimum Gasteiger partial charge on any atom is -0.481 e. The third kappa shape index (κ3) is 3.53. The number of carboxylic acid groups (broad SMARTS) is 1. The lowest BCUT2D eigenvalue weighted by atomic mass is 9.93. The number of rotatable bonds is 5. The van der Waals surface area contributed by atoms with Crippen molar-refractivity contribution in [1.82, 2.24) is 9.80 Å². The standard InChI is InChI=1S/C16H30N2O2/c1-3-17(4-2)13-10-11-18(12-13)15-9-7-5-6-8-14(15)16(19)20/h13-15H,3-12H2,1-2H3,(H,19,20). The van der Waals surface area contributed by atoms with Gasteiger partial charge in [-0.3, -0.25) is 14.6 Å². The van der Waals surface area contributed by atoms with Crippen molar-refractivity contribution < 1.29 is 9.90 Å². The Morgan fingerprint density at radius 1 is 1.15 bits per heavy atom. The second kappa shape index (κ2) is 7.41. The van der Waals surface area contributed by atoms with Crippen molar-refractivity contribution in [2.45, 2.75) is 64.5 Å². The summed E-state index contributed by atoms with van der Waals surface area (Å²) in [6, 6.07) is 0.901. The highest BCUT2D eigenvalue weighted by atomic mass is 16.4. The van der Waals surface area contributed by atoms with E-state index in [0.717, 1.165) is 45.4 Å². The molecule has 0 aromatic heterocycles. The molecular formula is C16H30N2O2. The molecule has 1 heterocycles. The summed E-state index contributed by atoms with van der Waals surface area (Å²) in [5.74, 6) is -0.726. The Morgan fingerprint density at radius 2 is 1.85 bits per heavy atom. The van der Waals surface area contributed by atoms with Crippen LogP contribution in [0.25, 0.3) is 0 Å². The van der Waals surface area contributed by atoms with Gasteiger partial charge in [0, 0.05) is 25.2 Å². The Kier molecular flexibility index (Phi) is 5.85. The van der Waals surface area contributed by atoms with Gasteiger partial charge >= 0.3 is 5.97 Å². The Bertz CT molecular complexity index is 318. The topological polar surface area (TPSA) is 43.8 Å². The SMILES string of the molecule is CCN(CC)C1CCN(C2CCCCCC2C(=O)O)C1. The first-order valence-electron chi connectivity index (χ1n) is 8.38. The van der Waals surface area contributed by atoms with E-state index in [0.29, 0.717) is 6.04 Å². The van der Waals surface area contributed by atoms with Crippen molar-refractivity contribution >= 4 is 5.97 Å². The zero-order valence-corrected chi connectivity index (χ0v) is 13.1. The zero-order chi connectivity index (χ0) is 14.5. The molecule has 1 aliphatic carbocycles. The summed E-state index contributed by atoms with van der Waals surface area (Å²) < 4.78 is 0. The quantitative estimate of drug-likeness (QED) is 0.787. The van der Waals surface area contributed by atoms with Crippen molar-refractivity contribution in [3.63, 3.8) is 0 Å². The van der Waals surface area contributed by atoms with Crippen LogP contribution in [0.4, 0.5) is 0 Å². The number of nitrogens with zero attached hydrogens (tertiary/aromatic N) is 2. The zero-order valence-electron chi connectivity index (χ0n) is 13.1. The van der Waals surface area contributed by atoms with E-state index in [-0.39, 0.29) is 12.0 Å². The molecule has 20 heavy (non-hydrogen) atoms. The predicted molar refractivity (Wildman–Crippen MR) is 80.9 cm³/mol. The van der Waals surface area contributed by atoms with Crippen molar-refractivity contribution in [3.05, 3.63) is 0 Å². The summed E-state index contributed by atoms with van der Waals surface area (Å²) in [6.07, 6.45) is 6.62. The van der Waals surface area contributed by atoms with Crippen LogP contribution in [0.15, 0.2) is 0 Å². The molecule has 3 atom stereocenters. The van der Waals surface area contributed by atoms with Gasteiger partial charge in [0.15, 0.2) is 0 Å². The molecular weight excluding hydrogens is 252 g/mol. The molecule has 4 heteroatoms.